The molecule has 2 fully saturated rings. The Morgan fingerprint density at radius 3 is 2.77 bits per heavy atom. The fourth-order valence-electron chi connectivity index (χ4n) is 3.93. The van der Waals surface area contributed by atoms with Gasteiger partial charge in [-0.1, -0.05) is 23.4 Å². The van der Waals surface area contributed by atoms with Crippen LogP contribution in [0.4, 0.5) is 0 Å². The smallest absolute Gasteiger partial charge is 0.241 e. The minimum atomic E-state index is -0.282. The van der Waals surface area contributed by atoms with Crippen LogP contribution < -0.4 is 15.6 Å². The second kappa shape index (κ2) is 7.85. The maximum absolute atomic E-state index is 12.9. The van der Waals surface area contributed by atoms with Gasteiger partial charge in [-0.3, -0.25) is 9.78 Å². The predicted molar refractivity (Wildman–Crippen MR) is 107 cm³/mol. The molecule has 0 aliphatic carbocycles. The number of para-hydroxylation sites is 1. The van der Waals surface area contributed by atoms with E-state index >= 15 is 0 Å². The molecule has 2 aliphatic heterocycles. The SMILES string of the molecule is COc1ccccc1C1CC(C(=O)N2CC(c3nc(-c4ccncc4)no3)C2)NN1. The zero-order valence-electron chi connectivity index (χ0n) is 16.5. The number of carbonyl (C=O) groups is 1. The maximum Gasteiger partial charge on any atom is 0.241 e. The van der Waals surface area contributed by atoms with E-state index in [0.717, 1.165) is 16.9 Å². The van der Waals surface area contributed by atoms with Crippen molar-refractivity contribution in [2.24, 2.45) is 0 Å². The van der Waals surface area contributed by atoms with Crippen LogP contribution in [0.1, 0.15) is 29.8 Å². The van der Waals surface area contributed by atoms with Crippen LogP contribution in [0.25, 0.3) is 11.4 Å². The van der Waals surface area contributed by atoms with Gasteiger partial charge < -0.3 is 14.2 Å². The number of hydrogen-bond acceptors (Lipinski definition) is 8. The molecular formula is C21H22N6O3. The van der Waals surface area contributed by atoms with Crippen molar-refractivity contribution in [3.05, 3.63) is 60.2 Å². The van der Waals surface area contributed by atoms with Crippen LogP contribution in [0, 0.1) is 0 Å². The number of benzene rings is 1. The molecule has 3 aromatic rings. The first kappa shape index (κ1) is 18.7. The quantitative estimate of drug-likeness (QED) is 0.659. The molecule has 0 spiro atoms. The third-order valence-electron chi connectivity index (χ3n) is 5.64. The summed E-state index contributed by atoms with van der Waals surface area (Å²) in [5.74, 6) is 2.06. The van der Waals surface area contributed by atoms with Gasteiger partial charge in [-0.25, -0.2) is 10.9 Å². The Balaban J connectivity index is 1.18. The molecular weight excluding hydrogens is 384 g/mol. The van der Waals surface area contributed by atoms with E-state index in [4.69, 9.17) is 9.26 Å². The summed E-state index contributed by atoms with van der Waals surface area (Å²) in [7, 11) is 1.65. The molecule has 0 saturated carbocycles. The maximum atomic E-state index is 12.9. The van der Waals surface area contributed by atoms with Crippen LogP contribution in [0.5, 0.6) is 5.75 Å². The highest BCUT2D eigenvalue weighted by molar-refractivity contribution is 5.83. The molecule has 9 heteroatoms. The Morgan fingerprint density at radius 2 is 1.97 bits per heavy atom. The Hall–Kier alpha value is -3.30. The zero-order chi connectivity index (χ0) is 20.5. The van der Waals surface area contributed by atoms with Gasteiger partial charge in [0.15, 0.2) is 0 Å². The fourth-order valence-corrected chi connectivity index (χ4v) is 3.93. The Bertz CT molecular complexity index is 1030. The minimum Gasteiger partial charge on any atom is -0.496 e. The predicted octanol–water partition coefficient (Wildman–Crippen LogP) is 1.67. The molecule has 2 unspecified atom stereocenters. The molecule has 2 aliphatic rings. The number of nitrogens with one attached hydrogen (secondary N) is 2. The topological polar surface area (TPSA) is 105 Å². The van der Waals surface area contributed by atoms with E-state index < -0.39 is 0 Å². The van der Waals surface area contributed by atoms with Gasteiger partial charge in [-0.05, 0) is 24.6 Å². The Labute approximate surface area is 173 Å². The van der Waals surface area contributed by atoms with Crippen molar-refractivity contribution in [1.82, 2.24) is 30.9 Å². The number of methoxy groups -OCH3 is 1. The van der Waals surface area contributed by atoms with Gasteiger partial charge in [-0.15, -0.1) is 0 Å². The third-order valence-corrected chi connectivity index (χ3v) is 5.64. The summed E-state index contributed by atoms with van der Waals surface area (Å²) < 4.78 is 10.9. The number of rotatable bonds is 5. The summed E-state index contributed by atoms with van der Waals surface area (Å²) in [4.78, 5) is 23.2. The molecule has 5 rings (SSSR count). The van der Waals surface area contributed by atoms with Gasteiger partial charge in [-0.2, -0.15) is 4.98 Å². The van der Waals surface area contributed by atoms with Gasteiger partial charge in [0.25, 0.3) is 0 Å². The molecule has 0 bridgehead atoms. The summed E-state index contributed by atoms with van der Waals surface area (Å²) >= 11 is 0. The summed E-state index contributed by atoms with van der Waals surface area (Å²) in [6.45, 7) is 1.16. The van der Waals surface area contributed by atoms with E-state index in [1.165, 1.54) is 0 Å². The number of aromatic nitrogens is 3. The van der Waals surface area contributed by atoms with Crippen LogP contribution in [0.15, 0.2) is 53.3 Å². The number of hydrazine groups is 1. The molecule has 2 N–H and O–H groups in total. The second-order valence-corrected chi connectivity index (χ2v) is 7.50. The lowest BCUT2D eigenvalue weighted by Crippen LogP contribution is -2.54. The van der Waals surface area contributed by atoms with Crippen molar-refractivity contribution in [3.8, 4) is 17.1 Å². The normalized spacial score (nSPS) is 21.4. The van der Waals surface area contributed by atoms with Crippen LogP contribution in [-0.4, -0.2) is 52.2 Å². The average Bonchev–Trinajstić information content (AvgIpc) is 3.43. The molecule has 30 heavy (non-hydrogen) atoms. The van der Waals surface area contributed by atoms with Crippen LogP contribution in [-0.2, 0) is 4.79 Å². The Kier molecular flexibility index (Phi) is 4.89. The molecule has 0 radical (unpaired) electrons. The molecule has 2 aromatic heterocycles. The van der Waals surface area contributed by atoms with Crippen molar-refractivity contribution in [2.45, 2.75) is 24.4 Å². The molecule has 154 valence electrons. The number of likely N-dealkylation sites (tertiary alicyclic amines) is 1. The van der Waals surface area contributed by atoms with Crippen molar-refractivity contribution in [3.63, 3.8) is 0 Å². The van der Waals surface area contributed by atoms with Crippen molar-refractivity contribution in [2.75, 3.05) is 20.2 Å². The van der Waals surface area contributed by atoms with E-state index in [0.29, 0.717) is 31.2 Å². The molecule has 4 heterocycles. The highest BCUT2D eigenvalue weighted by Crippen LogP contribution is 2.32. The average molecular weight is 406 g/mol. The number of nitrogens with zero attached hydrogens (tertiary/aromatic N) is 4. The number of carbonyl (C=O) groups excluding carboxylic acids is 1. The summed E-state index contributed by atoms with van der Waals surface area (Å²) in [6, 6.07) is 11.3. The number of pyridine rings is 1. The lowest BCUT2D eigenvalue weighted by Gasteiger charge is -2.38. The fraction of sp³-hybridized carbons (Fsp3) is 0.333. The van der Waals surface area contributed by atoms with Gasteiger partial charge in [0, 0.05) is 36.6 Å². The standard InChI is InChI=1S/C21H22N6O3/c1-29-18-5-3-2-4-15(18)16-10-17(25-24-16)21(28)27-11-14(12-27)20-23-19(26-30-20)13-6-8-22-9-7-13/h2-9,14,16-17,24-25H,10-12H2,1H3. The second-order valence-electron chi connectivity index (χ2n) is 7.50. The van der Waals surface area contributed by atoms with Crippen LogP contribution in [0.2, 0.25) is 0 Å². The van der Waals surface area contributed by atoms with E-state index in [1.807, 2.05) is 41.3 Å². The lowest BCUT2D eigenvalue weighted by atomic mass is 9.96. The highest BCUT2D eigenvalue weighted by atomic mass is 16.5. The monoisotopic (exact) mass is 406 g/mol. The highest BCUT2D eigenvalue weighted by Gasteiger charge is 2.41. The minimum absolute atomic E-state index is 0.0195. The zero-order valence-corrected chi connectivity index (χ0v) is 16.5. The summed E-state index contributed by atoms with van der Waals surface area (Å²) in [5.41, 5.74) is 8.25. The lowest BCUT2D eigenvalue weighted by molar-refractivity contribution is -0.138. The first-order valence-electron chi connectivity index (χ1n) is 9.89. The largest absolute Gasteiger partial charge is 0.496 e. The van der Waals surface area contributed by atoms with Crippen molar-refractivity contribution in [1.29, 1.82) is 0 Å². The van der Waals surface area contributed by atoms with E-state index in [-0.39, 0.29) is 23.9 Å². The number of ether oxygens (including phenoxy) is 1. The van der Waals surface area contributed by atoms with Gasteiger partial charge in [0.05, 0.1) is 19.1 Å². The molecule has 1 aromatic carbocycles. The van der Waals surface area contributed by atoms with Gasteiger partial charge in [0.1, 0.15) is 11.8 Å². The molecule has 9 nitrogen and oxygen atoms in total. The van der Waals surface area contributed by atoms with Gasteiger partial charge in [0.2, 0.25) is 17.6 Å². The van der Waals surface area contributed by atoms with E-state index in [2.05, 4.69) is 26.0 Å². The van der Waals surface area contributed by atoms with E-state index in [1.54, 1.807) is 19.5 Å². The first-order valence-corrected chi connectivity index (χ1v) is 9.89. The van der Waals surface area contributed by atoms with Crippen LogP contribution >= 0.6 is 0 Å². The van der Waals surface area contributed by atoms with Crippen LogP contribution in [0.3, 0.4) is 0 Å². The molecule has 1 amide bonds. The summed E-state index contributed by atoms with van der Waals surface area (Å²) in [6.07, 6.45) is 4.04. The number of hydrogen-bond donors (Lipinski definition) is 2. The first-order chi connectivity index (χ1) is 14.7. The van der Waals surface area contributed by atoms with E-state index in [9.17, 15) is 4.79 Å². The molecule has 2 saturated heterocycles. The van der Waals surface area contributed by atoms with Crippen molar-refractivity contribution < 1.29 is 14.1 Å². The van der Waals surface area contributed by atoms with Gasteiger partial charge >= 0.3 is 0 Å². The summed E-state index contributed by atoms with van der Waals surface area (Å²) in [5, 5.41) is 4.04. The third kappa shape index (κ3) is 3.42. The Morgan fingerprint density at radius 1 is 1.17 bits per heavy atom. The molecule has 2 atom stereocenters. The van der Waals surface area contributed by atoms with Crippen molar-refractivity contribution >= 4 is 5.91 Å². The number of amides is 1.